The number of alkyl halides is 1. The van der Waals surface area contributed by atoms with Crippen molar-refractivity contribution in [1.82, 2.24) is 0 Å². The number of halogens is 2. The number of hydrogen-bond donors (Lipinski definition) is 0. The highest BCUT2D eigenvalue weighted by atomic mass is 79.9. The van der Waals surface area contributed by atoms with Crippen molar-refractivity contribution in [3.8, 4) is 11.5 Å². The lowest BCUT2D eigenvalue weighted by atomic mass is 10.2. The van der Waals surface area contributed by atoms with Crippen molar-refractivity contribution in [3.05, 3.63) is 62.1 Å². The molecule has 0 atom stereocenters. The first-order valence-electron chi connectivity index (χ1n) is 5.78. The Morgan fingerprint density at radius 1 is 1.25 bits per heavy atom. The number of ether oxygens (including phenoxy) is 1. The maximum atomic E-state index is 10.7. The molecule has 4 nitrogen and oxygen atoms in total. The van der Waals surface area contributed by atoms with E-state index in [0.717, 1.165) is 20.9 Å². The van der Waals surface area contributed by atoms with Crippen molar-refractivity contribution in [2.45, 2.75) is 12.3 Å². The lowest BCUT2D eigenvalue weighted by molar-refractivity contribution is -0.384. The van der Waals surface area contributed by atoms with Crippen LogP contribution in [0, 0.1) is 17.0 Å². The Balaban J connectivity index is 2.26. The number of rotatable bonds is 4. The SMILES string of the molecule is Cc1cc([N+](=O)[O-])ccc1Oc1ccc(CBr)c(Br)c1. The van der Waals surface area contributed by atoms with Crippen molar-refractivity contribution in [3.63, 3.8) is 0 Å². The first kappa shape index (κ1) is 15.0. The van der Waals surface area contributed by atoms with Crippen molar-refractivity contribution in [2.24, 2.45) is 0 Å². The largest absolute Gasteiger partial charge is 0.457 e. The summed E-state index contributed by atoms with van der Waals surface area (Å²) in [5.41, 5.74) is 1.91. The van der Waals surface area contributed by atoms with Gasteiger partial charge in [0.1, 0.15) is 11.5 Å². The topological polar surface area (TPSA) is 52.4 Å². The van der Waals surface area contributed by atoms with Crippen LogP contribution >= 0.6 is 31.9 Å². The summed E-state index contributed by atoms with van der Waals surface area (Å²) >= 11 is 6.87. The van der Waals surface area contributed by atoms with Gasteiger partial charge in [-0.2, -0.15) is 0 Å². The van der Waals surface area contributed by atoms with Crippen LogP contribution in [0.3, 0.4) is 0 Å². The molecule has 2 aromatic carbocycles. The van der Waals surface area contributed by atoms with E-state index in [1.165, 1.54) is 12.1 Å². The number of nitrogens with zero attached hydrogens (tertiary/aromatic N) is 1. The highest BCUT2D eigenvalue weighted by molar-refractivity contribution is 9.10. The fourth-order valence-corrected chi connectivity index (χ4v) is 3.05. The minimum atomic E-state index is -0.418. The zero-order valence-electron chi connectivity index (χ0n) is 10.6. The van der Waals surface area contributed by atoms with Crippen LogP contribution in [0.15, 0.2) is 40.9 Å². The molecule has 0 fully saturated rings. The van der Waals surface area contributed by atoms with E-state index in [-0.39, 0.29) is 5.69 Å². The average molecular weight is 401 g/mol. The third-order valence-electron chi connectivity index (χ3n) is 2.77. The summed E-state index contributed by atoms with van der Waals surface area (Å²) in [5.74, 6) is 1.28. The van der Waals surface area contributed by atoms with Gasteiger partial charge < -0.3 is 4.74 Å². The van der Waals surface area contributed by atoms with Gasteiger partial charge in [-0.05, 0) is 36.2 Å². The molecule has 0 saturated heterocycles. The molecule has 0 amide bonds. The molecule has 0 aliphatic heterocycles. The smallest absolute Gasteiger partial charge is 0.269 e. The summed E-state index contributed by atoms with van der Waals surface area (Å²) in [4.78, 5) is 10.3. The summed E-state index contributed by atoms with van der Waals surface area (Å²) < 4.78 is 6.71. The number of aryl methyl sites for hydroxylation is 1. The summed E-state index contributed by atoms with van der Waals surface area (Å²) in [7, 11) is 0. The van der Waals surface area contributed by atoms with Gasteiger partial charge in [-0.1, -0.05) is 37.9 Å². The first-order valence-corrected chi connectivity index (χ1v) is 7.70. The molecule has 0 heterocycles. The molecule has 0 saturated carbocycles. The Hall–Kier alpha value is -1.40. The molecule has 2 rings (SSSR count). The van der Waals surface area contributed by atoms with Crippen LogP contribution in [-0.4, -0.2) is 4.92 Å². The minimum Gasteiger partial charge on any atom is -0.457 e. The number of benzene rings is 2. The normalized spacial score (nSPS) is 10.3. The number of non-ortho nitro benzene ring substituents is 1. The monoisotopic (exact) mass is 399 g/mol. The van der Waals surface area contributed by atoms with Gasteiger partial charge in [0.05, 0.1) is 4.92 Å². The van der Waals surface area contributed by atoms with Crippen LogP contribution in [-0.2, 0) is 5.33 Å². The van der Waals surface area contributed by atoms with Crippen LogP contribution in [0.1, 0.15) is 11.1 Å². The van der Waals surface area contributed by atoms with E-state index >= 15 is 0 Å². The molecular weight excluding hydrogens is 390 g/mol. The lowest BCUT2D eigenvalue weighted by Crippen LogP contribution is -1.92. The van der Waals surface area contributed by atoms with Crippen LogP contribution in [0.2, 0.25) is 0 Å². The van der Waals surface area contributed by atoms with E-state index in [4.69, 9.17) is 4.74 Å². The van der Waals surface area contributed by atoms with Gasteiger partial charge in [0.25, 0.3) is 5.69 Å². The summed E-state index contributed by atoms with van der Waals surface area (Å²) in [6.07, 6.45) is 0. The zero-order valence-corrected chi connectivity index (χ0v) is 13.8. The first-order chi connectivity index (χ1) is 9.51. The molecule has 0 bridgehead atoms. The molecule has 0 unspecified atom stereocenters. The fraction of sp³-hybridized carbons (Fsp3) is 0.143. The maximum Gasteiger partial charge on any atom is 0.269 e. The minimum absolute atomic E-state index is 0.0608. The van der Waals surface area contributed by atoms with Crippen LogP contribution in [0.4, 0.5) is 5.69 Å². The van der Waals surface area contributed by atoms with E-state index in [2.05, 4.69) is 31.9 Å². The molecular formula is C14H11Br2NO3. The highest BCUT2D eigenvalue weighted by Gasteiger charge is 2.10. The Bertz CT molecular complexity index is 659. The molecule has 2 aromatic rings. The molecule has 0 radical (unpaired) electrons. The third kappa shape index (κ3) is 3.37. The number of nitro benzene ring substituents is 1. The Morgan fingerprint density at radius 3 is 2.55 bits per heavy atom. The third-order valence-corrected chi connectivity index (χ3v) is 4.11. The van der Waals surface area contributed by atoms with E-state index < -0.39 is 4.92 Å². The molecule has 0 spiro atoms. The second-order valence-corrected chi connectivity index (χ2v) is 5.61. The second kappa shape index (κ2) is 6.37. The summed E-state index contributed by atoms with van der Waals surface area (Å²) in [5, 5.41) is 11.4. The van der Waals surface area contributed by atoms with E-state index in [1.54, 1.807) is 13.0 Å². The van der Waals surface area contributed by atoms with Gasteiger partial charge in [0, 0.05) is 21.9 Å². The highest BCUT2D eigenvalue weighted by Crippen LogP contribution is 2.31. The van der Waals surface area contributed by atoms with Gasteiger partial charge in [-0.25, -0.2) is 0 Å². The van der Waals surface area contributed by atoms with E-state index in [9.17, 15) is 10.1 Å². The molecule has 20 heavy (non-hydrogen) atoms. The molecule has 0 aromatic heterocycles. The number of nitro groups is 1. The second-order valence-electron chi connectivity index (χ2n) is 4.20. The molecule has 104 valence electrons. The van der Waals surface area contributed by atoms with E-state index in [1.807, 2.05) is 18.2 Å². The Morgan fingerprint density at radius 2 is 2.00 bits per heavy atom. The van der Waals surface area contributed by atoms with Crippen molar-refractivity contribution >= 4 is 37.5 Å². The molecule has 0 aliphatic carbocycles. The maximum absolute atomic E-state index is 10.7. The Kier molecular flexibility index (Phi) is 4.77. The summed E-state index contributed by atoms with van der Waals surface area (Å²) in [6, 6.07) is 10.2. The van der Waals surface area contributed by atoms with Crippen LogP contribution in [0.5, 0.6) is 11.5 Å². The van der Waals surface area contributed by atoms with Gasteiger partial charge in [-0.15, -0.1) is 0 Å². The van der Waals surface area contributed by atoms with E-state index in [0.29, 0.717) is 11.5 Å². The van der Waals surface area contributed by atoms with Crippen molar-refractivity contribution in [1.29, 1.82) is 0 Å². The average Bonchev–Trinajstić information content (AvgIpc) is 2.41. The van der Waals surface area contributed by atoms with Crippen molar-refractivity contribution < 1.29 is 9.66 Å². The fourth-order valence-electron chi connectivity index (χ4n) is 1.69. The van der Waals surface area contributed by atoms with Gasteiger partial charge >= 0.3 is 0 Å². The van der Waals surface area contributed by atoms with Crippen LogP contribution < -0.4 is 4.74 Å². The number of hydrogen-bond acceptors (Lipinski definition) is 3. The molecule has 0 aliphatic rings. The van der Waals surface area contributed by atoms with Gasteiger partial charge in [0.15, 0.2) is 0 Å². The standard InChI is InChI=1S/C14H11Br2NO3/c1-9-6-11(17(18)19)3-5-14(9)20-12-4-2-10(8-15)13(16)7-12/h2-7H,8H2,1H3. The lowest BCUT2D eigenvalue weighted by Gasteiger charge is -2.10. The predicted octanol–water partition coefficient (Wildman–Crippen LogP) is 5.35. The predicted molar refractivity (Wildman–Crippen MR) is 84.7 cm³/mol. The quantitative estimate of drug-likeness (QED) is 0.394. The van der Waals surface area contributed by atoms with Gasteiger partial charge in [0.2, 0.25) is 0 Å². The van der Waals surface area contributed by atoms with Gasteiger partial charge in [-0.3, -0.25) is 10.1 Å². The van der Waals surface area contributed by atoms with Crippen LogP contribution in [0.25, 0.3) is 0 Å². The van der Waals surface area contributed by atoms with Crippen molar-refractivity contribution in [2.75, 3.05) is 0 Å². The Labute approximate surface area is 133 Å². The molecule has 0 N–H and O–H groups in total. The zero-order chi connectivity index (χ0) is 14.7. The summed E-state index contributed by atoms with van der Waals surface area (Å²) in [6.45, 7) is 1.78. The molecule has 6 heteroatoms.